The highest BCUT2D eigenvalue weighted by Gasteiger charge is 2.17. The fourth-order valence-electron chi connectivity index (χ4n) is 2.28. The highest BCUT2D eigenvalue weighted by molar-refractivity contribution is 7.13. The van der Waals surface area contributed by atoms with E-state index in [1.54, 1.807) is 30.3 Å². The van der Waals surface area contributed by atoms with Crippen molar-refractivity contribution in [2.45, 2.75) is 0 Å². The summed E-state index contributed by atoms with van der Waals surface area (Å²) in [7, 11) is 0. The lowest BCUT2D eigenvalue weighted by Gasteiger charge is -2.10. The van der Waals surface area contributed by atoms with Crippen LogP contribution in [0, 0.1) is 0 Å². The van der Waals surface area contributed by atoms with Crippen molar-refractivity contribution < 1.29 is 9.59 Å². The Balaban J connectivity index is 1.87. The molecule has 0 bridgehead atoms. The van der Waals surface area contributed by atoms with E-state index in [0.717, 1.165) is 10.1 Å². The van der Waals surface area contributed by atoms with Gasteiger partial charge in [0.25, 0.3) is 11.8 Å². The van der Waals surface area contributed by atoms with Gasteiger partial charge in [-0.15, -0.1) is 6.58 Å². The van der Waals surface area contributed by atoms with E-state index in [9.17, 15) is 9.59 Å². The number of para-hydroxylation sites is 1. The molecule has 0 aliphatic rings. The molecule has 0 unspecified atom stereocenters. The van der Waals surface area contributed by atoms with E-state index in [4.69, 9.17) is 0 Å². The van der Waals surface area contributed by atoms with E-state index in [1.807, 2.05) is 24.3 Å². The second-order valence-corrected chi connectivity index (χ2v) is 5.83. The van der Waals surface area contributed by atoms with Gasteiger partial charge < -0.3 is 10.6 Å². The molecule has 120 valence electrons. The molecule has 24 heavy (non-hydrogen) atoms. The summed E-state index contributed by atoms with van der Waals surface area (Å²) >= 11 is 1.27. The van der Waals surface area contributed by atoms with Crippen molar-refractivity contribution in [3.63, 3.8) is 0 Å². The predicted molar refractivity (Wildman–Crippen MR) is 96.5 cm³/mol. The highest BCUT2D eigenvalue weighted by atomic mass is 32.1. The minimum Gasteiger partial charge on any atom is -0.349 e. The van der Waals surface area contributed by atoms with Crippen LogP contribution in [0.5, 0.6) is 0 Å². The number of fused-ring (bicyclic) bond motifs is 1. The molecule has 1 heterocycles. The van der Waals surface area contributed by atoms with Crippen LogP contribution in [-0.2, 0) is 0 Å². The molecule has 6 heteroatoms. The first kappa shape index (κ1) is 15.9. The van der Waals surface area contributed by atoms with Gasteiger partial charge in [0, 0.05) is 11.9 Å². The molecule has 0 aliphatic heterocycles. The molecule has 0 fully saturated rings. The Bertz CT molecular complexity index is 917. The molecule has 0 saturated carbocycles. The van der Waals surface area contributed by atoms with Gasteiger partial charge in [-0.3, -0.25) is 9.59 Å². The number of rotatable bonds is 5. The first-order valence-electron chi connectivity index (χ1n) is 7.34. The predicted octanol–water partition coefficient (Wildman–Crippen LogP) is 3.46. The lowest BCUT2D eigenvalue weighted by Crippen LogP contribution is -2.25. The van der Waals surface area contributed by atoms with Crippen molar-refractivity contribution >= 4 is 39.1 Å². The standard InChI is InChI=1S/C18H15N3O2S/c1-2-11-19-17(22)12-7-3-5-9-14(12)20-18(23)16-13-8-4-6-10-15(13)24-21-16/h2-10H,1,11H2,(H,19,22)(H,20,23). The number of hydrogen-bond donors (Lipinski definition) is 2. The number of anilines is 1. The van der Waals surface area contributed by atoms with Gasteiger partial charge in [-0.05, 0) is 29.7 Å². The van der Waals surface area contributed by atoms with Crippen LogP contribution in [0.3, 0.4) is 0 Å². The van der Waals surface area contributed by atoms with Crippen molar-refractivity contribution in [3.05, 3.63) is 72.4 Å². The van der Waals surface area contributed by atoms with Gasteiger partial charge in [-0.1, -0.05) is 36.4 Å². The molecule has 0 aliphatic carbocycles. The number of nitrogens with zero attached hydrogens (tertiary/aromatic N) is 1. The van der Waals surface area contributed by atoms with Crippen molar-refractivity contribution in [2.24, 2.45) is 0 Å². The van der Waals surface area contributed by atoms with Gasteiger partial charge in [0.2, 0.25) is 0 Å². The normalized spacial score (nSPS) is 10.3. The summed E-state index contributed by atoms with van der Waals surface area (Å²) in [6.45, 7) is 3.93. The molecule has 0 saturated heterocycles. The average Bonchev–Trinajstić information content (AvgIpc) is 3.04. The van der Waals surface area contributed by atoms with Crippen LogP contribution >= 0.6 is 11.5 Å². The van der Waals surface area contributed by atoms with Gasteiger partial charge in [-0.25, -0.2) is 0 Å². The van der Waals surface area contributed by atoms with Gasteiger partial charge in [-0.2, -0.15) is 4.37 Å². The summed E-state index contributed by atoms with van der Waals surface area (Å²) in [4.78, 5) is 24.7. The molecule has 3 rings (SSSR count). The molecule has 0 spiro atoms. The van der Waals surface area contributed by atoms with Crippen LogP contribution in [0.2, 0.25) is 0 Å². The van der Waals surface area contributed by atoms with Crippen molar-refractivity contribution in [1.29, 1.82) is 0 Å². The van der Waals surface area contributed by atoms with Gasteiger partial charge in [0.15, 0.2) is 0 Å². The fourth-order valence-corrected chi connectivity index (χ4v) is 3.05. The van der Waals surface area contributed by atoms with E-state index in [1.165, 1.54) is 11.5 Å². The Labute approximate surface area is 143 Å². The molecule has 1 aromatic heterocycles. The Morgan fingerprint density at radius 3 is 2.67 bits per heavy atom. The Morgan fingerprint density at radius 2 is 1.83 bits per heavy atom. The topological polar surface area (TPSA) is 71.1 Å². The Kier molecular flexibility index (Phi) is 4.67. The van der Waals surface area contributed by atoms with Crippen molar-refractivity contribution in [1.82, 2.24) is 9.69 Å². The van der Waals surface area contributed by atoms with Crippen molar-refractivity contribution in [3.8, 4) is 0 Å². The fraction of sp³-hybridized carbons (Fsp3) is 0.0556. The average molecular weight is 337 g/mol. The van der Waals surface area contributed by atoms with E-state index in [0.29, 0.717) is 23.5 Å². The van der Waals surface area contributed by atoms with Gasteiger partial charge >= 0.3 is 0 Å². The zero-order valence-electron chi connectivity index (χ0n) is 12.8. The summed E-state index contributed by atoms with van der Waals surface area (Å²) < 4.78 is 5.18. The largest absolute Gasteiger partial charge is 0.349 e. The molecule has 5 nitrogen and oxygen atoms in total. The number of carbonyl (C=O) groups excluding carboxylic acids is 2. The number of amides is 2. The first-order valence-corrected chi connectivity index (χ1v) is 8.12. The number of benzene rings is 2. The van der Waals surface area contributed by atoms with Crippen molar-refractivity contribution in [2.75, 3.05) is 11.9 Å². The highest BCUT2D eigenvalue weighted by Crippen LogP contribution is 2.24. The van der Waals surface area contributed by atoms with Gasteiger partial charge in [0.1, 0.15) is 5.69 Å². The SMILES string of the molecule is C=CCNC(=O)c1ccccc1NC(=O)c1nsc2ccccc12. The van der Waals surface area contributed by atoms with E-state index in [2.05, 4.69) is 21.6 Å². The molecule has 3 aromatic rings. The first-order chi connectivity index (χ1) is 11.7. The zero-order chi connectivity index (χ0) is 16.9. The summed E-state index contributed by atoms with van der Waals surface area (Å²) in [6, 6.07) is 14.4. The smallest absolute Gasteiger partial charge is 0.276 e. The lowest BCUT2D eigenvalue weighted by molar-refractivity contribution is 0.0959. The number of aromatic nitrogens is 1. The second-order valence-electron chi connectivity index (χ2n) is 5.03. The van der Waals surface area contributed by atoms with E-state index in [-0.39, 0.29) is 11.8 Å². The minimum atomic E-state index is -0.337. The maximum atomic E-state index is 12.6. The maximum Gasteiger partial charge on any atom is 0.276 e. The molecule has 0 atom stereocenters. The molecular weight excluding hydrogens is 322 g/mol. The minimum absolute atomic E-state index is 0.270. The number of nitrogens with one attached hydrogen (secondary N) is 2. The van der Waals surface area contributed by atoms with Crippen LogP contribution in [0.25, 0.3) is 10.1 Å². The summed E-state index contributed by atoms with van der Waals surface area (Å²) in [5.41, 5.74) is 1.20. The lowest BCUT2D eigenvalue weighted by atomic mass is 10.1. The molecule has 2 N–H and O–H groups in total. The number of hydrogen-bond acceptors (Lipinski definition) is 4. The van der Waals surface area contributed by atoms with Crippen LogP contribution in [0.4, 0.5) is 5.69 Å². The third-order valence-corrected chi connectivity index (χ3v) is 4.25. The quantitative estimate of drug-likeness (QED) is 0.700. The van der Waals surface area contributed by atoms with Crippen LogP contribution in [0.15, 0.2) is 61.2 Å². The van der Waals surface area contributed by atoms with E-state index < -0.39 is 0 Å². The van der Waals surface area contributed by atoms with Gasteiger partial charge in [0.05, 0.1) is 16.0 Å². The molecule has 0 radical (unpaired) electrons. The third-order valence-electron chi connectivity index (χ3n) is 3.42. The summed E-state index contributed by atoms with van der Waals surface area (Å²) in [5.74, 6) is -0.606. The zero-order valence-corrected chi connectivity index (χ0v) is 13.6. The maximum absolute atomic E-state index is 12.6. The van der Waals surface area contributed by atoms with Crippen LogP contribution < -0.4 is 10.6 Å². The monoisotopic (exact) mass is 337 g/mol. The molecule has 2 aromatic carbocycles. The molecule has 2 amide bonds. The molecular formula is C18H15N3O2S. The van der Waals surface area contributed by atoms with Crippen LogP contribution in [-0.4, -0.2) is 22.7 Å². The summed E-state index contributed by atoms with van der Waals surface area (Å²) in [5, 5.41) is 6.29. The Morgan fingerprint density at radius 1 is 1.08 bits per heavy atom. The third kappa shape index (κ3) is 3.18. The second kappa shape index (κ2) is 7.06. The Hall–Kier alpha value is -2.99. The summed E-state index contributed by atoms with van der Waals surface area (Å²) in [6.07, 6.45) is 1.60. The van der Waals surface area contributed by atoms with E-state index >= 15 is 0 Å². The van der Waals surface area contributed by atoms with Crippen LogP contribution in [0.1, 0.15) is 20.8 Å². The number of carbonyl (C=O) groups is 2.